The maximum Gasteiger partial charge on any atom is 0.130 e. The summed E-state index contributed by atoms with van der Waals surface area (Å²) in [6.07, 6.45) is 2.93. The van der Waals surface area contributed by atoms with Crippen LogP contribution in [-0.2, 0) is 13.2 Å². The third-order valence-electron chi connectivity index (χ3n) is 3.25. The fourth-order valence-corrected chi connectivity index (χ4v) is 2.38. The monoisotopic (exact) mass is 348 g/mol. The minimum atomic E-state index is 0.496. The topological polar surface area (TPSA) is 34.1 Å². The second kappa shape index (κ2) is 8.15. The first-order chi connectivity index (χ1) is 10.2. The molecule has 0 atom stereocenters. The van der Waals surface area contributed by atoms with E-state index < -0.39 is 0 Å². The number of ether oxygens (including phenoxy) is 1. The van der Waals surface area contributed by atoms with Gasteiger partial charge in [0, 0.05) is 17.2 Å². The van der Waals surface area contributed by atoms with Crippen LogP contribution in [0.25, 0.3) is 0 Å². The van der Waals surface area contributed by atoms with Crippen molar-refractivity contribution in [1.82, 2.24) is 10.3 Å². The summed E-state index contributed by atoms with van der Waals surface area (Å²) in [5.41, 5.74) is 3.34. The standard InChI is InChI=1S/C17H21BrN2O/c1-3-8-19-11-14-10-15(6-7-16(14)18)21-12-17-13(2)5-4-9-20-17/h4-7,9-10,19H,3,8,11-12H2,1-2H3. The molecule has 21 heavy (non-hydrogen) atoms. The quantitative estimate of drug-likeness (QED) is 0.760. The Morgan fingerprint density at radius 3 is 2.90 bits per heavy atom. The summed E-state index contributed by atoms with van der Waals surface area (Å²) in [5.74, 6) is 0.872. The van der Waals surface area contributed by atoms with Gasteiger partial charge in [0.1, 0.15) is 12.4 Å². The average Bonchev–Trinajstić information content (AvgIpc) is 2.49. The van der Waals surface area contributed by atoms with Gasteiger partial charge in [-0.15, -0.1) is 0 Å². The minimum Gasteiger partial charge on any atom is -0.487 e. The van der Waals surface area contributed by atoms with E-state index >= 15 is 0 Å². The minimum absolute atomic E-state index is 0.496. The molecule has 0 aliphatic heterocycles. The predicted molar refractivity (Wildman–Crippen MR) is 89.4 cm³/mol. The van der Waals surface area contributed by atoms with Crippen LogP contribution in [0.2, 0.25) is 0 Å². The number of pyridine rings is 1. The summed E-state index contributed by atoms with van der Waals surface area (Å²) < 4.78 is 6.97. The molecule has 0 amide bonds. The molecule has 0 aliphatic carbocycles. The van der Waals surface area contributed by atoms with Gasteiger partial charge in [-0.3, -0.25) is 4.98 Å². The third kappa shape index (κ3) is 4.83. The van der Waals surface area contributed by atoms with E-state index in [2.05, 4.69) is 39.2 Å². The molecule has 0 bridgehead atoms. The van der Waals surface area contributed by atoms with Gasteiger partial charge in [0.2, 0.25) is 0 Å². The summed E-state index contributed by atoms with van der Waals surface area (Å²) >= 11 is 3.58. The van der Waals surface area contributed by atoms with E-state index in [9.17, 15) is 0 Å². The lowest BCUT2D eigenvalue weighted by Crippen LogP contribution is -2.14. The number of hydrogen-bond donors (Lipinski definition) is 1. The van der Waals surface area contributed by atoms with Crippen LogP contribution < -0.4 is 10.1 Å². The van der Waals surface area contributed by atoms with Gasteiger partial charge in [0.25, 0.3) is 0 Å². The van der Waals surface area contributed by atoms with Crippen LogP contribution in [0.5, 0.6) is 5.75 Å². The van der Waals surface area contributed by atoms with Crippen molar-refractivity contribution in [3.8, 4) is 5.75 Å². The van der Waals surface area contributed by atoms with Gasteiger partial charge >= 0.3 is 0 Å². The molecule has 3 nitrogen and oxygen atoms in total. The molecule has 0 saturated carbocycles. The Bertz CT molecular complexity index is 587. The average molecular weight is 349 g/mol. The number of aromatic nitrogens is 1. The molecule has 0 fully saturated rings. The molecule has 1 heterocycles. The summed E-state index contributed by atoms with van der Waals surface area (Å²) in [6, 6.07) is 10.1. The predicted octanol–water partition coefficient (Wildman–Crippen LogP) is 4.23. The zero-order chi connectivity index (χ0) is 15.1. The van der Waals surface area contributed by atoms with E-state index in [1.54, 1.807) is 6.20 Å². The molecule has 1 N–H and O–H groups in total. The van der Waals surface area contributed by atoms with Gasteiger partial charge in [0.15, 0.2) is 0 Å². The highest BCUT2D eigenvalue weighted by Crippen LogP contribution is 2.23. The summed E-state index contributed by atoms with van der Waals surface area (Å²) in [4.78, 5) is 4.35. The van der Waals surface area contributed by atoms with E-state index in [1.165, 1.54) is 5.56 Å². The molecule has 2 aromatic rings. The molecule has 112 valence electrons. The van der Waals surface area contributed by atoms with Crippen molar-refractivity contribution in [3.63, 3.8) is 0 Å². The molecule has 0 spiro atoms. The first-order valence-corrected chi connectivity index (χ1v) is 8.02. The highest BCUT2D eigenvalue weighted by Gasteiger charge is 2.04. The second-order valence-electron chi connectivity index (χ2n) is 4.99. The van der Waals surface area contributed by atoms with Gasteiger partial charge < -0.3 is 10.1 Å². The van der Waals surface area contributed by atoms with Crippen LogP contribution in [0.15, 0.2) is 41.0 Å². The van der Waals surface area contributed by atoms with Gasteiger partial charge in [0.05, 0.1) is 5.69 Å². The molecular formula is C17H21BrN2O. The Morgan fingerprint density at radius 1 is 1.29 bits per heavy atom. The molecule has 0 aliphatic rings. The summed E-state index contributed by atoms with van der Waals surface area (Å²) in [6.45, 7) is 6.57. The van der Waals surface area contributed by atoms with Crippen molar-refractivity contribution in [2.75, 3.05) is 6.54 Å². The zero-order valence-electron chi connectivity index (χ0n) is 12.5. The van der Waals surface area contributed by atoms with Crippen LogP contribution in [0.4, 0.5) is 0 Å². The van der Waals surface area contributed by atoms with Gasteiger partial charge in [-0.2, -0.15) is 0 Å². The number of nitrogens with one attached hydrogen (secondary N) is 1. The smallest absolute Gasteiger partial charge is 0.130 e. The Balaban J connectivity index is 2.00. The number of rotatable bonds is 7. The van der Waals surface area contributed by atoms with Crippen LogP contribution in [0.3, 0.4) is 0 Å². The van der Waals surface area contributed by atoms with Crippen LogP contribution in [0, 0.1) is 6.92 Å². The number of nitrogens with zero attached hydrogens (tertiary/aromatic N) is 1. The number of hydrogen-bond acceptors (Lipinski definition) is 3. The molecule has 0 radical (unpaired) electrons. The van der Waals surface area contributed by atoms with Crippen molar-refractivity contribution in [3.05, 3.63) is 57.8 Å². The van der Waals surface area contributed by atoms with Crippen molar-refractivity contribution in [1.29, 1.82) is 0 Å². The van der Waals surface area contributed by atoms with Gasteiger partial charge in [-0.1, -0.05) is 28.9 Å². The SMILES string of the molecule is CCCNCc1cc(OCc2ncccc2C)ccc1Br. The van der Waals surface area contributed by atoms with Crippen molar-refractivity contribution in [2.45, 2.75) is 33.4 Å². The maximum absolute atomic E-state index is 5.86. The van der Waals surface area contributed by atoms with Gasteiger partial charge in [-0.25, -0.2) is 0 Å². The van der Waals surface area contributed by atoms with E-state index in [0.29, 0.717) is 6.61 Å². The highest BCUT2D eigenvalue weighted by atomic mass is 79.9. The van der Waals surface area contributed by atoms with Crippen molar-refractivity contribution < 1.29 is 4.74 Å². The lowest BCUT2D eigenvalue weighted by molar-refractivity contribution is 0.300. The van der Waals surface area contributed by atoms with Gasteiger partial charge in [-0.05, 0) is 55.3 Å². The molecule has 1 aromatic heterocycles. The van der Waals surface area contributed by atoms with E-state index in [4.69, 9.17) is 4.74 Å². The zero-order valence-corrected chi connectivity index (χ0v) is 14.1. The van der Waals surface area contributed by atoms with Crippen molar-refractivity contribution >= 4 is 15.9 Å². The van der Waals surface area contributed by atoms with E-state index in [-0.39, 0.29) is 0 Å². The lowest BCUT2D eigenvalue weighted by atomic mass is 10.2. The molecule has 1 aromatic carbocycles. The normalized spacial score (nSPS) is 10.6. The fourth-order valence-electron chi connectivity index (χ4n) is 2.00. The van der Waals surface area contributed by atoms with Crippen LogP contribution in [0.1, 0.15) is 30.2 Å². The van der Waals surface area contributed by atoms with E-state index in [0.717, 1.165) is 41.0 Å². The fraction of sp³-hybridized carbons (Fsp3) is 0.353. The third-order valence-corrected chi connectivity index (χ3v) is 4.03. The van der Waals surface area contributed by atoms with E-state index in [1.807, 2.05) is 31.2 Å². The molecule has 0 saturated heterocycles. The number of aryl methyl sites for hydroxylation is 1. The number of benzene rings is 1. The Kier molecular flexibility index (Phi) is 6.21. The largest absolute Gasteiger partial charge is 0.487 e. The Morgan fingerprint density at radius 2 is 2.14 bits per heavy atom. The molecule has 0 unspecified atom stereocenters. The molecular weight excluding hydrogens is 328 g/mol. The van der Waals surface area contributed by atoms with Crippen LogP contribution >= 0.6 is 15.9 Å². The Labute approximate surface area is 134 Å². The summed E-state index contributed by atoms with van der Waals surface area (Å²) in [5, 5.41) is 3.40. The summed E-state index contributed by atoms with van der Waals surface area (Å²) in [7, 11) is 0. The van der Waals surface area contributed by atoms with Crippen LogP contribution in [-0.4, -0.2) is 11.5 Å². The lowest BCUT2D eigenvalue weighted by Gasteiger charge is -2.11. The number of halogens is 1. The first kappa shape index (κ1) is 16.0. The Hall–Kier alpha value is -1.39. The second-order valence-corrected chi connectivity index (χ2v) is 5.84. The van der Waals surface area contributed by atoms with Crippen molar-refractivity contribution in [2.24, 2.45) is 0 Å². The maximum atomic E-state index is 5.86. The first-order valence-electron chi connectivity index (χ1n) is 7.23. The molecule has 4 heteroatoms. The molecule has 2 rings (SSSR count). The highest BCUT2D eigenvalue weighted by molar-refractivity contribution is 9.10.